The van der Waals surface area contributed by atoms with Gasteiger partial charge in [0, 0.05) is 40.0 Å². The molecule has 0 aliphatic carbocycles. The van der Waals surface area contributed by atoms with Gasteiger partial charge in [-0.3, -0.25) is 4.99 Å². The number of ether oxygens (including phenoxy) is 3. The van der Waals surface area contributed by atoms with E-state index >= 15 is 0 Å². The monoisotopic (exact) mass is 491 g/mol. The molecule has 1 aliphatic rings. The normalized spacial score (nSPS) is 15.1. The Kier molecular flexibility index (Phi) is 13.3. The quantitative estimate of drug-likeness (QED) is 0.228. The van der Waals surface area contributed by atoms with Crippen LogP contribution >= 0.6 is 24.0 Å². The Hall–Kier alpha value is -1.06. The maximum absolute atomic E-state index is 5.77. The molecule has 7 heteroatoms. The van der Waals surface area contributed by atoms with Crippen molar-refractivity contribution in [3.05, 3.63) is 29.8 Å². The van der Waals surface area contributed by atoms with Gasteiger partial charge in [-0.05, 0) is 43.7 Å². The van der Waals surface area contributed by atoms with Crippen LogP contribution in [-0.4, -0.2) is 59.1 Å². The van der Waals surface area contributed by atoms with Crippen molar-refractivity contribution in [3.63, 3.8) is 0 Å². The van der Waals surface area contributed by atoms with Gasteiger partial charge in [0.1, 0.15) is 12.4 Å². The van der Waals surface area contributed by atoms with E-state index in [-0.39, 0.29) is 24.0 Å². The van der Waals surface area contributed by atoms with E-state index in [1.807, 2.05) is 31.2 Å². The Balaban J connectivity index is 0.00000364. The third-order valence-electron chi connectivity index (χ3n) is 4.42. The number of nitrogens with one attached hydrogen (secondary N) is 2. The SMILES string of the molecule is CN=C(NCCCOCC1CCOCC1)NCCOc1ccccc1C.I. The van der Waals surface area contributed by atoms with Gasteiger partial charge >= 0.3 is 0 Å². The van der Waals surface area contributed by atoms with Crippen molar-refractivity contribution >= 4 is 29.9 Å². The Morgan fingerprint density at radius 2 is 1.89 bits per heavy atom. The minimum Gasteiger partial charge on any atom is -0.491 e. The molecule has 1 aromatic rings. The van der Waals surface area contributed by atoms with Crippen molar-refractivity contribution in [1.29, 1.82) is 0 Å². The molecule has 1 aliphatic heterocycles. The summed E-state index contributed by atoms with van der Waals surface area (Å²) in [5.74, 6) is 2.39. The van der Waals surface area contributed by atoms with Crippen LogP contribution in [-0.2, 0) is 9.47 Å². The number of aryl methyl sites for hydroxylation is 1. The van der Waals surface area contributed by atoms with E-state index in [9.17, 15) is 0 Å². The summed E-state index contributed by atoms with van der Waals surface area (Å²) in [7, 11) is 1.78. The van der Waals surface area contributed by atoms with Crippen molar-refractivity contribution in [3.8, 4) is 5.75 Å². The first kappa shape index (κ1) is 24.0. The molecule has 0 saturated carbocycles. The zero-order chi connectivity index (χ0) is 18.5. The highest BCUT2D eigenvalue weighted by atomic mass is 127. The molecule has 0 atom stereocenters. The summed E-state index contributed by atoms with van der Waals surface area (Å²) in [5, 5.41) is 6.56. The molecule has 0 unspecified atom stereocenters. The van der Waals surface area contributed by atoms with Gasteiger partial charge in [-0.15, -0.1) is 24.0 Å². The summed E-state index contributed by atoms with van der Waals surface area (Å²) in [6, 6.07) is 8.04. The molecule has 1 saturated heterocycles. The second kappa shape index (κ2) is 14.9. The predicted molar refractivity (Wildman–Crippen MR) is 120 cm³/mol. The number of guanidine groups is 1. The maximum atomic E-state index is 5.77. The summed E-state index contributed by atoms with van der Waals surface area (Å²) in [4.78, 5) is 4.23. The highest BCUT2D eigenvalue weighted by Gasteiger charge is 2.13. The summed E-state index contributed by atoms with van der Waals surface area (Å²) >= 11 is 0. The first-order chi connectivity index (χ1) is 12.8. The lowest BCUT2D eigenvalue weighted by atomic mass is 10.0. The fraction of sp³-hybridized carbons (Fsp3) is 0.650. The molecule has 1 aromatic carbocycles. The van der Waals surface area contributed by atoms with E-state index < -0.39 is 0 Å². The number of benzene rings is 1. The van der Waals surface area contributed by atoms with Gasteiger partial charge in [-0.25, -0.2) is 0 Å². The largest absolute Gasteiger partial charge is 0.491 e. The lowest BCUT2D eigenvalue weighted by Crippen LogP contribution is -2.40. The topological polar surface area (TPSA) is 64.1 Å². The van der Waals surface area contributed by atoms with Crippen molar-refractivity contribution < 1.29 is 14.2 Å². The first-order valence-corrected chi connectivity index (χ1v) is 9.58. The van der Waals surface area contributed by atoms with Crippen LogP contribution in [0.15, 0.2) is 29.3 Å². The number of para-hydroxylation sites is 1. The van der Waals surface area contributed by atoms with Crippen molar-refractivity contribution in [1.82, 2.24) is 10.6 Å². The number of nitrogens with zero attached hydrogens (tertiary/aromatic N) is 1. The number of halogens is 1. The van der Waals surface area contributed by atoms with Crippen molar-refractivity contribution in [2.24, 2.45) is 10.9 Å². The smallest absolute Gasteiger partial charge is 0.191 e. The van der Waals surface area contributed by atoms with Crippen LogP contribution in [0.3, 0.4) is 0 Å². The minimum atomic E-state index is 0. The van der Waals surface area contributed by atoms with Crippen molar-refractivity contribution in [2.45, 2.75) is 26.2 Å². The fourth-order valence-electron chi connectivity index (χ4n) is 2.81. The number of hydrogen-bond donors (Lipinski definition) is 2. The van der Waals surface area contributed by atoms with E-state index in [4.69, 9.17) is 14.2 Å². The van der Waals surface area contributed by atoms with E-state index in [0.29, 0.717) is 19.1 Å². The standard InChI is InChI=1S/C20H33N3O3.HI/c1-17-6-3-4-7-19(17)26-15-11-23-20(21-2)22-10-5-12-25-16-18-8-13-24-14-9-18;/h3-4,6-7,18H,5,8-16H2,1-2H3,(H2,21,22,23);1H. The Bertz CT molecular complexity index is 537. The molecule has 0 spiro atoms. The minimum absolute atomic E-state index is 0. The van der Waals surface area contributed by atoms with Crippen LogP contribution in [0.5, 0.6) is 5.75 Å². The molecule has 154 valence electrons. The number of hydrogen-bond acceptors (Lipinski definition) is 4. The number of rotatable bonds is 10. The van der Waals surface area contributed by atoms with Crippen LogP contribution in [0.1, 0.15) is 24.8 Å². The molecule has 6 nitrogen and oxygen atoms in total. The summed E-state index contributed by atoms with van der Waals surface area (Å²) in [6.07, 6.45) is 3.21. The lowest BCUT2D eigenvalue weighted by Gasteiger charge is -2.21. The van der Waals surface area contributed by atoms with Gasteiger partial charge in [-0.2, -0.15) is 0 Å². The van der Waals surface area contributed by atoms with Crippen LogP contribution in [0.4, 0.5) is 0 Å². The van der Waals surface area contributed by atoms with Crippen LogP contribution in [0.2, 0.25) is 0 Å². The molecule has 1 fully saturated rings. The molecule has 0 aromatic heterocycles. The highest BCUT2D eigenvalue weighted by Crippen LogP contribution is 2.15. The van der Waals surface area contributed by atoms with Gasteiger partial charge in [0.25, 0.3) is 0 Å². The first-order valence-electron chi connectivity index (χ1n) is 9.58. The molecular formula is C20H34IN3O3. The second-order valence-electron chi connectivity index (χ2n) is 6.52. The third kappa shape index (κ3) is 10.2. The van der Waals surface area contributed by atoms with Crippen molar-refractivity contribution in [2.75, 3.05) is 53.2 Å². The zero-order valence-corrected chi connectivity index (χ0v) is 18.9. The van der Waals surface area contributed by atoms with E-state index in [1.54, 1.807) is 7.05 Å². The Morgan fingerprint density at radius 3 is 2.63 bits per heavy atom. The van der Waals surface area contributed by atoms with Gasteiger partial charge in [0.15, 0.2) is 5.96 Å². The highest BCUT2D eigenvalue weighted by molar-refractivity contribution is 14.0. The van der Waals surface area contributed by atoms with Gasteiger partial charge in [0.2, 0.25) is 0 Å². The van der Waals surface area contributed by atoms with Gasteiger partial charge < -0.3 is 24.8 Å². The third-order valence-corrected chi connectivity index (χ3v) is 4.42. The van der Waals surface area contributed by atoms with E-state index in [0.717, 1.165) is 69.5 Å². The molecule has 0 amide bonds. The fourth-order valence-corrected chi connectivity index (χ4v) is 2.81. The zero-order valence-electron chi connectivity index (χ0n) is 16.5. The van der Waals surface area contributed by atoms with E-state index in [1.165, 1.54) is 0 Å². The molecule has 0 bridgehead atoms. The Labute approximate surface area is 180 Å². The lowest BCUT2D eigenvalue weighted by molar-refractivity contribution is 0.0203. The summed E-state index contributed by atoms with van der Waals surface area (Å²) in [5.41, 5.74) is 1.15. The average Bonchev–Trinajstić information content (AvgIpc) is 2.68. The summed E-state index contributed by atoms with van der Waals surface area (Å²) in [6.45, 7) is 7.58. The Morgan fingerprint density at radius 1 is 1.15 bits per heavy atom. The van der Waals surface area contributed by atoms with Crippen LogP contribution in [0, 0.1) is 12.8 Å². The summed E-state index contributed by atoms with van der Waals surface area (Å²) < 4.78 is 16.9. The molecular weight excluding hydrogens is 457 g/mol. The molecule has 27 heavy (non-hydrogen) atoms. The average molecular weight is 491 g/mol. The molecule has 0 radical (unpaired) electrons. The molecule has 2 N–H and O–H groups in total. The van der Waals surface area contributed by atoms with Gasteiger partial charge in [-0.1, -0.05) is 18.2 Å². The molecule has 2 rings (SSSR count). The van der Waals surface area contributed by atoms with Crippen LogP contribution < -0.4 is 15.4 Å². The van der Waals surface area contributed by atoms with Gasteiger partial charge in [0.05, 0.1) is 6.54 Å². The molecule has 1 heterocycles. The van der Waals surface area contributed by atoms with Crippen LogP contribution in [0.25, 0.3) is 0 Å². The number of aliphatic imine (C=N–C) groups is 1. The second-order valence-corrected chi connectivity index (χ2v) is 6.52. The maximum Gasteiger partial charge on any atom is 0.191 e. The van der Waals surface area contributed by atoms with E-state index in [2.05, 4.69) is 15.6 Å². The predicted octanol–water partition coefficient (Wildman–Crippen LogP) is 2.99.